The molecule has 4 heteroatoms. The molecule has 0 amide bonds. The van der Waals surface area contributed by atoms with Gasteiger partial charge in [0.25, 0.3) is 0 Å². The quantitative estimate of drug-likeness (QED) is 0.193. The minimum absolute atomic E-state index is 0.831. The van der Waals surface area contributed by atoms with Crippen molar-refractivity contribution in [2.75, 3.05) is 0 Å². The van der Waals surface area contributed by atoms with Gasteiger partial charge in [0, 0.05) is 32.8 Å². The summed E-state index contributed by atoms with van der Waals surface area (Å²) in [6, 6.07) is 56.4. The average molecular weight is 587 g/mol. The van der Waals surface area contributed by atoms with Crippen LogP contribution < -0.4 is 0 Å². The van der Waals surface area contributed by atoms with Crippen molar-refractivity contribution in [3.05, 3.63) is 158 Å². The van der Waals surface area contributed by atoms with Crippen LogP contribution in [0.15, 0.2) is 158 Å². The maximum absolute atomic E-state index is 4.78. The van der Waals surface area contributed by atoms with E-state index in [0.29, 0.717) is 0 Å². The zero-order chi connectivity index (χ0) is 30.2. The third-order valence-corrected chi connectivity index (χ3v) is 9.41. The fraction of sp³-hybridized carbons (Fsp3) is 0. The number of pyridine rings is 1. The molecule has 0 aliphatic carbocycles. The highest BCUT2D eigenvalue weighted by atomic mass is 15.2. The molecule has 10 aromatic rings. The van der Waals surface area contributed by atoms with Gasteiger partial charge in [-0.1, -0.05) is 103 Å². The van der Waals surface area contributed by atoms with Gasteiger partial charge in [0.1, 0.15) is 0 Å². The summed E-state index contributed by atoms with van der Waals surface area (Å²) in [4.78, 5) is 0. The zero-order valence-electron chi connectivity index (χ0n) is 24.8. The summed E-state index contributed by atoms with van der Waals surface area (Å²) in [5.74, 6) is 0.831. The minimum Gasteiger partial charge on any atom is -0.309 e. The molecule has 0 fully saturated rings. The number of hydrogen-bond donors (Lipinski definition) is 0. The first-order valence-electron chi connectivity index (χ1n) is 15.6. The first-order chi connectivity index (χ1) is 22.8. The summed E-state index contributed by atoms with van der Waals surface area (Å²) >= 11 is 0. The molecule has 0 aliphatic heterocycles. The lowest BCUT2D eigenvalue weighted by atomic mass is 9.98. The number of aromatic nitrogens is 4. The van der Waals surface area contributed by atoms with E-state index in [2.05, 4.69) is 167 Å². The number of benzene rings is 7. The number of fused-ring (bicyclic) bond motifs is 10. The Kier molecular flexibility index (Phi) is 5.25. The van der Waals surface area contributed by atoms with Gasteiger partial charge < -0.3 is 4.57 Å². The van der Waals surface area contributed by atoms with Crippen molar-refractivity contribution in [1.29, 1.82) is 0 Å². The van der Waals surface area contributed by atoms with E-state index in [0.717, 1.165) is 33.6 Å². The van der Waals surface area contributed by atoms with Gasteiger partial charge in [0.15, 0.2) is 11.5 Å². The molecule has 3 heterocycles. The van der Waals surface area contributed by atoms with Crippen LogP contribution >= 0.6 is 0 Å². The molecule has 0 radical (unpaired) electrons. The summed E-state index contributed by atoms with van der Waals surface area (Å²) in [7, 11) is 0. The van der Waals surface area contributed by atoms with Crippen LogP contribution in [0.25, 0.3) is 88.1 Å². The standard InChI is InChI=1S/C42H26N4/c1-2-10-29-25-30(18-17-27(29)9-1)31-21-24-40-37(26-31)33-11-3-4-14-36(33)42-44-43-41(46(40)42)28-19-22-32(23-20-28)45-38-15-7-5-12-34(38)35-13-6-8-16-39(35)45/h1-26H. The van der Waals surface area contributed by atoms with Gasteiger partial charge >= 0.3 is 0 Å². The molecule has 0 spiro atoms. The van der Waals surface area contributed by atoms with E-state index in [9.17, 15) is 0 Å². The first-order valence-corrected chi connectivity index (χ1v) is 15.6. The number of para-hydroxylation sites is 2. The summed E-state index contributed by atoms with van der Waals surface area (Å²) in [6.07, 6.45) is 0. The highest BCUT2D eigenvalue weighted by molar-refractivity contribution is 6.13. The van der Waals surface area contributed by atoms with Crippen molar-refractivity contribution in [3.8, 4) is 28.2 Å². The fourth-order valence-electron chi connectivity index (χ4n) is 7.24. The van der Waals surface area contributed by atoms with Gasteiger partial charge in [-0.05, 0) is 81.9 Å². The van der Waals surface area contributed by atoms with Crippen LogP contribution in [-0.2, 0) is 0 Å². The monoisotopic (exact) mass is 586 g/mol. The smallest absolute Gasteiger partial charge is 0.169 e. The molecular formula is C42H26N4. The highest BCUT2D eigenvalue weighted by Gasteiger charge is 2.17. The summed E-state index contributed by atoms with van der Waals surface area (Å²) in [5.41, 5.74) is 8.88. The van der Waals surface area contributed by atoms with Gasteiger partial charge in [-0.2, -0.15) is 0 Å². The Morgan fingerprint density at radius 1 is 0.370 bits per heavy atom. The van der Waals surface area contributed by atoms with Gasteiger partial charge in [0.05, 0.1) is 16.6 Å². The van der Waals surface area contributed by atoms with Crippen molar-refractivity contribution in [3.63, 3.8) is 0 Å². The SMILES string of the molecule is c1ccc2cc(-c3ccc4c(c3)c3ccccc3c3nnc(-c5ccc(-n6c7ccccc7c7ccccc76)cc5)n43)ccc2c1. The third kappa shape index (κ3) is 3.61. The Bertz CT molecular complexity index is 2750. The maximum Gasteiger partial charge on any atom is 0.169 e. The molecule has 0 saturated heterocycles. The van der Waals surface area contributed by atoms with Gasteiger partial charge in [-0.25, -0.2) is 0 Å². The Balaban J connectivity index is 1.16. The van der Waals surface area contributed by atoms with Gasteiger partial charge in [-0.15, -0.1) is 10.2 Å². The van der Waals surface area contributed by atoms with E-state index in [1.807, 2.05) is 0 Å². The van der Waals surface area contributed by atoms with Crippen molar-refractivity contribution in [1.82, 2.24) is 19.2 Å². The van der Waals surface area contributed by atoms with Crippen LogP contribution in [0.1, 0.15) is 0 Å². The van der Waals surface area contributed by atoms with Crippen molar-refractivity contribution in [2.24, 2.45) is 0 Å². The van der Waals surface area contributed by atoms with E-state index >= 15 is 0 Å². The van der Waals surface area contributed by atoms with Crippen molar-refractivity contribution < 1.29 is 0 Å². The van der Waals surface area contributed by atoms with Gasteiger partial charge in [0.2, 0.25) is 0 Å². The molecule has 0 aliphatic rings. The lowest BCUT2D eigenvalue weighted by Crippen LogP contribution is -1.96. The molecule has 3 aromatic heterocycles. The van der Waals surface area contributed by atoms with Crippen LogP contribution in [0.5, 0.6) is 0 Å². The molecule has 214 valence electrons. The average Bonchev–Trinajstić information content (AvgIpc) is 3.72. The predicted octanol–water partition coefficient (Wildman–Crippen LogP) is 10.6. The Hall–Kier alpha value is -6.26. The predicted molar refractivity (Wildman–Crippen MR) is 191 cm³/mol. The summed E-state index contributed by atoms with van der Waals surface area (Å²) in [5, 5.41) is 18.0. The molecule has 0 bridgehead atoms. The molecule has 46 heavy (non-hydrogen) atoms. The summed E-state index contributed by atoms with van der Waals surface area (Å²) < 4.78 is 4.56. The lowest BCUT2D eigenvalue weighted by molar-refractivity contribution is 1.11. The highest BCUT2D eigenvalue weighted by Crippen LogP contribution is 2.36. The Labute approximate surface area is 264 Å². The van der Waals surface area contributed by atoms with Gasteiger partial charge in [-0.3, -0.25) is 4.40 Å². The minimum atomic E-state index is 0.831. The van der Waals surface area contributed by atoms with Crippen molar-refractivity contribution >= 4 is 59.9 Å². The first kappa shape index (κ1) is 25.1. The number of rotatable bonds is 3. The zero-order valence-corrected chi connectivity index (χ0v) is 24.8. The Morgan fingerprint density at radius 3 is 1.72 bits per heavy atom. The normalized spacial score (nSPS) is 11.9. The number of nitrogens with zero attached hydrogens (tertiary/aromatic N) is 4. The summed E-state index contributed by atoms with van der Waals surface area (Å²) in [6.45, 7) is 0. The van der Waals surface area contributed by atoms with Crippen LogP contribution in [0, 0.1) is 0 Å². The molecule has 10 rings (SSSR count). The van der Waals surface area contributed by atoms with Crippen LogP contribution in [-0.4, -0.2) is 19.2 Å². The van der Waals surface area contributed by atoms with Crippen LogP contribution in [0.3, 0.4) is 0 Å². The Morgan fingerprint density at radius 2 is 0.957 bits per heavy atom. The molecule has 7 aromatic carbocycles. The van der Waals surface area contributed by atoms with Crippen LogP contribution in [0.2, 0.25) is 0 Å². The molecule has 0 N–H and O–H groups in total. The fourth-order valence-corrected chi connectivity index (χ4v) is 7.24. The second-order valence-corrected chi connectivity index (χ2v) is 11.9. The largest absolute Gasteiger partial charge is 0.309 e. The molecule has 0 unspecified atom stereocenters. The van der Waals surface area contributed by atoms with E-state index in [-0.39, 0.29) is 0 Å². The van der Waals surface area contributed by atoms with Crippen molar-refractivity contribution in [2.45, 2.75) is 0 Å². The van der Waals surface area contributed by atoms with E-state index in [1.165, 1.54) is 54.5 Å². The van der Waals surface area contributed by atoms with Crippen LogP contribution in [0.4, 0.5) is 0 Å². The maximum atomic E-state index is 4.78. The van der Waals surface area contributed by atoms with E-state index < -0.39 is 0 Å². The molecule has 0 atom stereocenters. The molecular weight excluding hydrogens is 560 g/mol. The topological polar surface area (TPSA) is 35.1 Å². The van der Waals surface area contributed by atoms with E-state index in [4.69, 9.17) is 10.2 Å². The number of hydrogen-bond acceptors (Lipinski definition) is 2. The molecule has 0 saturated carbocycles. The molecule has 4 nitrogen and oxygen atoms in total. The van der Waals surface area contributed by atoms with E-state index in [1.54, 1.807) is 0 Å². The second-order valence-electron chi connectivity index (χ2n) is 11.9. The second kappa shape index (κ2) is 9.62. The lowest BCUT2D eigenvalue weighted by Gasteiger charge is -2.12. The third-order valence-electron chi connectivity index (χ3n) is 9.41.